The molecule has 7 heteroatoms. The molecular formula is C18H17ClN2O4. The van der Waals surface area contributed by atoms with Crippen LogP contribution in [-0.2, 0) is 14.3 Å². The topological polar surface area (TPSA) is 84.5 Å². The van der Waals surface area contributed by atoms with Crippen LogP contribution in [0.4, 0.5) is 11.4 Å². The molecular weight excluding hydrogens is 344 g/mol. The number of halogens is 1. The first-order chi connectivity index (χ1) is 11.9. The van der Waals surface area contributed by atoms with Crippen molar-refractivity contribution in [2.75, 3.05) is 17.2 Å². The predicted octanol–water partition coefficient (Wildman–Crippen LogP) is 3.40. The van der Waals surface area contributed by atoms with E-state index >= 15 is 0 Å². The van der Waals surface area contributed by atoms with Crippen LogP contribution in [0.15, 0.2) is 42.5 Å². The second-order valence-corrected chi connectivity index (χ2v) is 5.70. The third kappa shape index (κ3) is 5.32. The zero-order valence-corrected chi connectivity index (χ0v) is 14.5. The van der Waals surface area contributed by atoms with E-state index in [0.717, 1.165) is 5.56 Å². The van der Waals surface area contributed by atoms with Gasteiger partial charge in [0, 0.05) is 23.3 Å². The van der Waals surface area contributed by atoms with Crippen LogP contribution < -0.4 is 10.6 Å². The number of rotatable bonds is 5. The lowest BCUT2D eigenvalue weighted by atomic mass is 10.2. The van der Waals surface area contributed by atoms with Gasteiger partial charge in [0.2, 0.25) is 5.91 Å². The van der Waals surface area contributed by atoms with E-state index < -0.39 is 18.5 Å². The van der Waals surface area contributed by atoms with Gasteiger partial charge in [-0.2, -0.15) is 0 Å². The van der Waals surface area contributed by atoms with Crippen molar-refractivity contribution in [3.8, 4) is 0 Å². The number of carbonyl (C=O) groups is 3. The van der Waals surface area contributed by atoms with Crippen molar-refractivity contribution in [2.45, 2.75) is 13.8 Å². The normalized spacial score (nSPS) is 10.0. The van der Waals surface area contributed by atoms with Gasteiger partial charge in [-0.3, -0.25) is 9.59 Å². The van der Waals surface area contributed by atoms with Crippen molar-refractivity contribution in [3.05, 3.63) is 58.6 Å². The van der Waals surface area contributed by atoms with Gasteiger partial charge in [0.05, 0.1) is 5.56 Å². The van der Waals surface area contributed by atoms with Crippen LogP contribution in [-0.4, -0.2) is 24.4 Å². The highest BCUT2D eigenvalue weighted by Gasteiger charge is 2.12. The fourth-order valence-corrected chi connectivity index (χ4v) is 2.21. The van der Waals surface area contributed by atoms with Gasteiger partial charge in [0.25, 0.3) is 5.91 Å². The van der Waals surface area contributed by atoms with Gasteiger partial charge in [-0.05, 0) is 48.9 Å². The van der Waals surface area contributed by atoms with Crippen LogP contribution in [0.2, 0.25) is 5.02 Å². The maximum absolute atomic E-state index is 11.9. The molecule has 2 N–H and O–H groups in total. The number of esters is 1. The Bertz CT molecular complexity index is 803. The molecule has 0 atom stereocenters. The molecule has 130 valence electrons. The Balaban J connectivity index is 1.89. The monoisotopic (exact) mass is 360 g/mol. The maximum atomic E-state index is 11.9. The van der Waals surface area contributed by atoms with Crippen molar-refractivity contribution in [1.82, 2.24) is 0 Å². The fourth-order valence-electron chi connectivity index (χ4n) is 2.04. The van der Waals surface area contributed by atoms with Gasteiger partial charge in [-0.25, -0.2) is 4.79 Å². The molecule has 25 heavy (non-hydrogen) atoms. The largest absolute Gasteiger partial charge is 0.452 e. The first kappa shape index (κ1) is 18.5. The first-order valence-electron chi connectivity index (χ1n) is 7.46. The Labute approximate surface area is 150 Å². The summed E-state index contributed by atoms with van der Waals surface area (Å²) in [4.78, 5) is 34.8. The molecule has 0 aromatic heterocycles. The van der Waals surface area contributed by atoms with Crippen LogP contribution in [0, 0.1) is 6.92 Å². The molecule has 0 fully saturated rings. The molecule has 6 nitrogen and oxygen atoms in total. The SMILES string of the molecule is CC(=O)Nc1ccc(C(=O)OCC(=O)Nc2cccc(Cl)c2C)cc1. The summed E-state index contributed by atoms with van der Waals surface area (Å²) in [5.74, 6) is -1.30. The Morgan fingerprint density at radius 3 is 2.36 bits per heavy atom. The number of carbonyl (C=O) groups excluding carboxylic acids is 3. The van der Waals surface area contributed by atoms with Gasteiger partial charge in [-0.1, -0.05) is 17.7 Å². The average molecular weight is 361 g/mol. The summed E-state index contributed by atoms with van der Waals surface area (Å²) in [6.07, 6.45) is 0. The maximum Gasteiger partial charge on any atom is 0.338 e. The van der Waals surface area contributed by atoms with E-state index in [1.165, 1.54) is 19.1 Å². The minimum Gasteiger partial charge on any atom is -0.452 e. The highest BCUT2D eigenvalue weighted by molar-refractivity contribution is 6.31. The quantitative estimate of drug-likeness (QED) is 0.800. The molecule has 2 rings (SSSR count). The number of amides is 2. The van der Waals surface area contributed by atoms with Gasteiger partial charge < -0.3 is 15.4 Å². The standard InChI is InChI=1S/C18H17ClN2O4/c1-11-15(19)4-3-5-16(11)21-17(23)10-25-18(24)13-6-8-14(9-7-13)20-12(2)22/h3-9H,10H2,1-2H3,(H,20,22)(H,21,23). The molecule has 0 aliphatic heterocycles. The lowest BCUT2D eigenvalue weighted by Gasteiger charge is -2.10. The molecule has 0 unspecified atom stereocenters. The number of anilines is 2. The third-order valence-electron chi connectivity index (χ3n) is 3.32. The summed E-state index contributed by atoms with van der Waals surface area (Å²) >= 11 is 5.99. The zero-order chi connectivity index (χ0) is 18.4. The molecule has 0 spiro atoms. The van der Waals surface area contributed by atoms with Gasteiger partial charge in [-0.15, -0.1) is 0 Å². The number of ether oxygens (including phenoxy) is 1. The lowest BCUT2D eigenvalue weighted by molar-refractivity contribution is -0.119. The minimum absolute atomic E-state index is 0.205. The lowest BCUT2D eigenvalue weighted by Crippen LogP contribution is -2.21. The van der Waals surface area contributed by atoms with E-state index in [0.29, 0.717) is 16.4 Å². The summed E-state index contributed by atoms with van der Waals surface area (Å²) in [6, 6.07) is 11.3. The van der Waals surface area contributed by atoms with Crippen LogP contribution in [0.25, 0.3) is 0 Å². The van der Waals surface area contributed by atoms with Crippen LogP contribution in [0.5, 0.6) is 0 Å². The molecule has 0 saturated carbocycles. The minimum atomic E-state index is -0.632. The Kier molecular flexibility index (Phi) is 6.14. The Hall–Kier alpha value is -2.86. The molecule has 0 aliphatic rings. The fraction of sp³-hybridized carbons (Fsp3) is 0.167. The van der Waals surface area contributed by atoms with Gasteiger partial charge >= 0.3 is 5.97 Å². The van der Waals surface area contributed by atoms with E-state index in [-0.39, 0.29) is 11.5 Å². The van der Waals surface area contributed by atoms with Crippen LogP contribution >= 0.6 is 11.6 Å². The van der Waals surface area contributed by atoms with E-state index in [9.17, 15) is 14.4 Å². The number of benzene rings is 2. The van der Waals surface area contributed by atoms with Crippen LogP contribution in [0.1, 0.15) is 22.8 Å². The van der Waals surface area contributed by atoms with E-state index in [4.69, 9.17) is 16.3 Å². The molecule has 0 bridgehead atoms. The van der Waals surface area contributed by atoms with Crippen molar-refractivity contribution in [1.29, 1.82) is 0 Å². The van der Waals surface area contributed by atoms with E-state index in [2.05, 4.69) is 10.6 Å². The molecule has 0 aliphatic carbocycles. The van der Waals surface area contributed by atoms with Crippen molar-refractivity contribution in [3.63, 3.8) is 0 Å². The Morgan fingerprint density at radius 1 is 1.04 bits per heavy atom. The molecule has 0 saturated heterocycles. The second kappa shape index (κ2) is 8.30. The van der Waals surface area contributed by atoms with Crippen LogP contribution in [0.3, 0.4) is 0 Å². The van der Waals surface area contributed by atoms with Gasteiger partial charge in [0.15, 0.2) is 6.61 Å². The number of hydrogen-bond donors (Lipinski definition) is 2. The average Bonchev–Trinajstić information content (AvgIpc) is 2.57. The first-order valence-corrected chi connectivity index (χ1v) is 7.84. The predicted molar refractivity (Wildman–Crippen MR) is 95.8 cm³/mol. The summed E-state index contributed by atoms with van der Waals surface area (Å²) in [6.45, 7) is 2.75. The summed E-state index contributed by atoms with van der Waals surface area (Å²) in [7, 11) is 0. The van der Waals surface area contributed by atoms with Crippen molar-refractivity contribution < 1.29 is 19.1 Å². The summed E-state index contributed by atoms with van der Waals surface area (Å²) < 4.78 is 4.98. The molecule has 2 aromatic rings. The molecule has 0 heterocycles. The smallest absolute Gasteiger partial charge is 0.338 e. The molecule has 2 amide bonds. The molecule has 0 radical (unpaired) electrons. The van der Waals surface area contributed by atoms with Crippen molar-refractivity contribution >= 4 is 40.8 Å². The summed E-state index contributed by atoms with van der Waals surface area (Å²) in [5, 5.41) is 5.77. The molecule has 2 aromatic carbocycles. The highest BCUT2D eigenvalue weighted by atomic mass is 35.5. The van der Waals surface area contributed by atoms with E-state index in [1.807, 2.05) is 0 Å². The summed E-state index contributed by atoms with van der Waals surface area (Å²) in [5.41, 5.74) is 2.14. The number of nitrogens with one attached hydrogen (secondary N) is 2. The van der Waals surface area contributed by atoms with Gasteiger partial charge in [0.1, 0.15) is 0 Å². The number of hydrogen-bond acceptors (Lipinski definition) is 4. The Morgan fingerprint density at radius 2 is 1.72 bits per heavy atom. The van der Waals surface area contributed by atoms with E-state index in [1.54, 1.807) is 37.3 Å². The zero-order valence-electron chi connectivity index (χ0n) is 13.8. The van der Waals surface area contributed by atoms with Crippen molar-refractivity contribution in [2.24, 2.45) is 0 Å². The third-order valence-corrected chi connectivity index (χ3v) is 3.73. The second-order valence-electron chi connectivity index (χ2n) is 5.30. The highest BCUT2D eigenvalue weighted by Crippen LogP contribution is 2.22.